The van der Waals surface area contributed by atoms with Gasteiger partial charge in [-0.05, 0) is 35.6 Å². The zero-order valence-corrected chi connectivity index (χ0v) is 14.6. The van der Waals surface area contributed by atoms with Gasteiger partial charge in [-0.1, -0.05) is 42.5 Å². The van der Waals surface area contributed by atoms with Crippen LogP contribution in [0.1, 0.15) is 29.2 Å². The van der Waals surface area contributed by atoms with E-state index in [0.717, 1.165) is 11.1 Å². The maximum absolute atomic E-state index is 13.8. The van der Waals surface area contributed by atoms with Crippen molar-refractivity contribution in [3.63, 3.8) is 0 Å². The van der Waals surface area contributed by atoms with Gasteiger partial charge in [0.2, 0.25) is 5.91 Å². The highest BCUT2D eigenvalue weighted by molar-refractivity contribution is 5.87. The molecule has 0 aliphatic heterocycles. The SMILES string of the molecule is CNC(=O)C(Cc1ccccc1)NC(=O)NC1CCc2c(F)cccc21. The van der Waals surface area contributed by atoms with E-state index in [1.165, 1.54) is 13.1 Å². The average Bonchev–Trinajstić information content (AvgIpc) is 3.05. The van der Waals surface area contributed by atoms with Gasteiger partial charge in [0, 0.05) is 13.5 Å². The average molecular weight is 355 g/mol. The Balaban J connectivity index is 1.66. The molecule has 6 heteroatoms. The minimum absolute atomic E-state index is 0.237. The zero-order chi connectivity index (χ0) is 18.5. The van der Waals surface area contributed by atoms with Crippen LogP contribution in [0.4, 0.5) is 9.18 Å². The lowest BCUT2D eigenvalue weighted by Crippen LogP contribution is -2.50. The van der Waals surface area contributed by atoms with E-state index in [1.807, 2.05) is 36.4 Å². The van der Waals surface area contributed by atoms with Crippen LogP contribution in [0.5, 0.6) is 0 Å². The van der Waals surface area contributed by atoms with Gasteiger partial charge in [-0.25, -0.2) is 9.18 Å². The van der Waals surface area contributed by atoms with Gasteiger partial charge in [0.1, 0.15) is 11.9 Å². The number of fused-ring (bicyclic) bond motifs is 1. The zero-order valence-electron chi connectivity index (χ0n) is 14.6. The summed E-state index contributed by atoms with van der Waals surface area (Å²) < 4.78 is 13.8. The lowest BCUT2D eigenvalue weighted by molar-refractivity contribution is -0.122. The fourth-order valence-electron chi connectivity index (χ4n) is 3.35. The Morgan fingerprint density at radius 3 is 2.65 bits per heavy atom. The highest BCUT2D eigenvalue weighted by Gasteiger charge is 2.27. The number of nitrogens with one attached hydrogen (secondary N) is 3. The molecule has 2 atom stereocenters. The van der Waals surface area contributed by atoms with Gasteiger partial charge in [0.25, 0.3) is 0 Å². The third-order valence-electron chi connectivity index (χ3n) is 4.67. The molecule has 26 heavy (non-hydrogen) atoms. The van der Waals surface area contributed by atoms with Gasteiger partial charge >= 0.3 is 6.03 Å². The van der Waals surface area contributed by atoms with Crippen molar-refractivity contribution in [3.8, 4) is 0 Å². The Morgan fingerprint density at radius 2 is 1.92 bits per heavy atom. The molecule has 3 N–H and O–H groups in total. The third kappa shape index (κ3) is 4.02. The summed E-state index contributed by atoms with van der Waals surface area (Å²) in [7, 11) is 1.54. The van der Waals surface area contributed by atoms with Crippen molar-refractivity contribution in [2.45, 2.75) is 31.3 Å². The molecule has 136 valence electrons. The standard InChI is InChI=1S/C20H22FN3O2/c1-22-19(25)18(12-13-6-3-2-4-7-13)24-20(26)23-17-11-10-14-15(17)8-5-9-16(14)21/h2-9,17-18H,10-12H2,1H3,(H,22,25)(H2,23,24,26). The molecule has 1 aliphatic rings. The number of benzene rings is 2. The van der Waals surface area contributed by atoms with Crippen molar-refractivity contribution in [2.75, 3.05) is 7.05 Å². The van der Waals surface area contributed by atoms with Crippen molar-refractivity contribution < 1.29 is 14.0 Å². The van der Waals surface area contributed by atoms with Crippen LogP contribution in [0.2, 0.25) is 0 Å². The molecule has 0 radical (unpaired) electrons. The lowest BCUT2D eigenvalue weighted by Gasteiger charge is -2.20. The summed E-state index contributed by atoms with van der Waals surface area (Å²) >= 11 is 0. The fourth-order valence-corrected chi connectivity index (χ4v) is 3.35. The number of likely N-dealkylation sites (N-methyl/N-ethyl adjacent to an activating group) is 1. The second-order valence-corrected chi connectivity index (χ2v) is 6.37. The van der Waals surface area contributed by atoms with E-state index in [2.05, 4.69) is 16.0 Å². The number of hydrogen-bond donors (Lipinski definition) is 3. The first kappa shape index (κ1) is 17.9. The van der Waals surface area contributed by atoms with Crippen molar-refractivity contribution in [3.05, 3.63) is 71.0 Å². The van der Waals surface area contributed by atoms with Gasteiger partial charge in [-0.15, -0.1) is 0 Å². The molecular weight excluding hydrogens is 333 g/mol. The van der Waals surface area contributed by atoms with Crippen molar-refractivity contribution in [2.24, 2.45) is 0 Å². The molecule has 2 unspecified atom stereocenters. The topological polar surface area (TPSA) is 70.2 Å². The first-order valence-corrected chi connectivity index (χ1v) is 8.68. The molecule has 0 spiro atoms. The monoisotopic (exact) mass is 355 g/mol. The fraction of sp³-hybridized carbons (Fsp3) is 0.300. The number of halogens is 1. The van der Waals surface area contributed by atoms with Crippen LogP contribution in [-0.2, 0) is 17.6 Å². The van der Waals surface area contributed by atoms with Gasteiger partial charge in [0.05, 0.1) is 6.04 Å². The van der Waals surface area contributed by atoms with Crippen LogP contribution in [-0.4, -0.2) is 25.0 Å². The number of carbonyl (C=O) groups excluding carboxylic acids is 2. The molecule has 0 heterocycles. The van der Waals surface area contributed by atoms with Crippen LogP contribution in [0.3, 0.4) is 0 Å². The maximum Gasteiger partial charge on any atom is 0.315 e. The quantitative estimate of drug-likeness (QED) is 0.771. The van der Waals surface area contributed by atoms with E-state index >= 15 is 0 Å². The summed E-state index contributed by atoms with van der Waals surface area (Å²) in [5.74, 6) is -0.499. The molecule has 3 rings (SSSR count). The van der Waals surface area contributed by atoms with Crippen molar-refractivity contribution in [1.82, 2.24) is 16.0 Å². The van der Waals surface area contributed by atoms with Crippen LogP contribution in [0.25, 0.3) is 0 Å². The summed E-state index contributed by atoms with van der Waals surface area (Å²) in [6, 6.07) is 13.0. The molecule has 2 aromatic carbocycles. The number of carbonyl (C=O) groups is 2. The summed E-state index contributed by atoms with van der Waals surface area (Å²) in [4.78, 5) is 24.5. The van der Waals surface area contributed by atoms with Crippen LogP contribution in [0.15, 0.2) is 48.5 Å². The molecule has 0 saturated carbocycles. The first-order chi connectivity index (χ1) is 12.6. The summed E-state index contributed by atoms with van der Waals surface area (Å²) in [5.41, 5.74) is 2.42. The molecule has 0 fully saturated rings. The Kier molecular flexibility index (Phi) is 5.51. The molecule has 0 saturated heterocycles. The van der Waals surface area contributed by atoms with Gasteiger partial charge in [0.15, 0.2) is 0 Å². The van der Waals surface area contributed by atoms with E-state index in [1.54, 1.807) is 6.07 Å². The predicted molar refractivity (Wildman–Crippen MR) is 97.1 cm³/mol. The molecule has 0 aromatic heterocycles. The highest BCUT2D eigenvalue weighted by atomic mass is 19.1. The van der Waals surface area contributed by atoms with Gasteiger partial charge < -0.3 is 16.0 Å². The van der Waals surface area contributed by atoms with E-state index in [-0.39, 0.29) is 17.8 Å². The molecule has 0 bridgehead atoms. The maximum atomic E-state index is 13.8. The third-order valence-corrected chi connectivity index (χ3v) is 4.67. The molecule has 2 aromatic rings. The minimum atomic E-state index is -0.684. The van der Waals surface area contributed by atoms with E-state index in [4.69, 9.17) is 0 Å². The number of hydrogen-bond acceptors (Lipinski definition) is 2. The number of amides is 3. The highest BCUT2D eigenvalue weighted by Crippen LogP contribution is 2.32. The molecule has 1 aliphatic carbocycles. The van der Waals surface area contributed by atoms with Crippen LogP contribution >= 0.6 is 0 Å². The smallest absolute Gasteiger partial charge is 0.315 e. The summed E-state index contributed by atoms with van der Waals surface area (Å²) in [6.07, 6.45) is 1.63. The Morgan fingerprint density at radius 1 is 1.15 bits per heavy atom. The second-order valence-electron chi connectivity index (χ2n) is 6.37. The van der Waals surface area contributed by atoms with Gasteiger partial charge in [-0.2, -0.15) is 0 Å². The number of rotatable bonds is 5. The van der Waals surface area contributed by atoms with E-state index in [9.17, 15) is 14.0 Å². The Bertz CT molecular complexity index is 795. The van der Waals surface area contributed by atoms with Gasteiger partial charge in [-0.3, -0.25) is 4.79 Å². The van der Waals surface area contributed by atoms with Crippen molar-refractivity contribution in [1.29, 1.82) is 0 Å². The van der Waals surface area contributed by atoms with Crippen molar-refractivity contribution >= 4 is 11.9 Å². The number of urea groups is 1. The largest absolute Gasteiger partial charge is 0.357 e. The lowest BCUT2D eigenvalue weighted by atomic mass is 10.1. The molecule has 3 amide bonds. The second kappa shape index (κ2) is 7.99. The molecular formula is C20H22FN3O2. The summed E-state index contributed by atoms with van der Waals surface area (Å²) in [6.45, 7) is 0. The first-order valence-electron chi connectivity index (χ1n) is 8.68. The minimum Gasteiger partial charge on any atom is -0.357 e. The van der Waals surface area contributed by atoms with Crippen LogP contribution in [0, 0.1) is 5.82 Å². The van der Waals surface area contributed by atoms with Crippen LogP contribution < -0.4 is 16.0 Å². The van der Waals surface area contributed by atoms with E-state index in [0.29, 0.717) is 24.8 Å². The molecule has 5 nitrogen and oxygen atoms in total. The van der Waals surface area contributed by atoms with E-state index < -0.39 is 12.1 Å². The predicted octanol–water partition coefficient (Wildman–Crippen LogP) is 2.47. The normalized spacial score (nSPS) is 16.5. The Labute approximate surface area is 152 Å². The Hall–Kier alpha value is -2.89. The summed E-state index contributed by atoms with van der Waals surface area (Å²) in [5, 5.41) is 8.17.